The molecule has 0 saturated carbocycles. The molecule has 2 rings (SSSR count). The van der Waals surface area contributed by atoms with Gasteiger partial charge in [0, 0.05) is 0 Å². The number of hydrogen-bond acceptors (Lipinski definition) is 6. The lowest BCUT2D eigenvalue weighted by Gasteiger charge is -2.05. The van der Waals surface area contributed by atoms with Crippen molar-refractivity contribution >= 4 is 11.9 Å². The molecule has 0 bridgehead atoms. The van der Waals surface area contributed by atoms with Gasteiger partial charge in [-0.05, 0) is 0 Å². The van der Waals surface area contributed by atoms with Crippen LogP contribution in [0.15, 0.2) is 0 Å². The SMILES string of the molecule is O=C1O[C@@H]2[C@H](OC(=O)[C@@H]2O)[C@@H]1O. The number of ether oxygens (including phenoxy) is 2. The minimum absolute atomic E-state index is 0.864. The van der Waals surface area contributed by atoms with Crippen molar-refractivity contribution < 1.29 is 29.3 Å². The Labute approximate surface area is 66.7 Å². The van der Waals surface area contributed by atoms with Crippen molar-refractivity contribution in [1.82, 2.24) is 0 Å². The third-order valence-electron chi connectivity index (χ3n) is 1.93. The van der Waals surface area contributed by atoms with E-state index in [1.54, 1.807) is 0 Å². The zero-order valence-corrected chi connectivity index (χ0v) is 5.84. The van der Waals surface area contributed by atoms with Gasteiger partial charge in [-0.25, -0.2) is 9.59 Å². The molecule has 0 aromatic heterocycles. The highest BCUT2D eigenvalue weighted by Gasteiger charge is 2.57. The van der Waals surface area contributed by atoms with Crippen LogP contribution in [0.25, 0.3) is 0 Å². The molecule has 4 atom stereocenters. The van der Waals surface area contributed by atoms with Gasteiger partial charge in [-0.1, -0.05) is 0 Å². The van der Waals surface area contributed by atoms with Crippen molar-refractivity contribution in [2.24, 2.45) is 0 Å². The van der Waals surface area contributed by atoms with Crippen LogP contribution in [0.4, 0.5) is 0 Å². The topological polar surface area (TPSA) is 93.1 Å². The average Bonchev–Trinajstić information content (AvgIpc) is 2.43. The highest BCUT2D eigenvalue weighted by Crippen LogP contribution is 2.28. The van der Waals surface area contributed by atoms with E-state index in [-0.39, 0.29) is 0 Å². The van der Waals surface area contributed by atoms with Gasteiger partial charge in [-0.3, -0.25) is 0 Å². The van der Waals surface area contributed by atoms with Crippen LogP contribution in [-0.4, -0.2) is 46.6 Å². The van der Waals surface area contributed by atoms with E-state index in [0.717, 1.165) is 0 Å². The van der Waals surface area contributed by atoms with Crippen LogP contribution < -0.4 is 0 Å². The van der Waals surface area contributed by atoms with Crippen molar-refractivity contribution in [3.05, 3.63) is 0 Å². The van der Waals surface area contributed by atoms with Crippen molar-refractivity contribution in [2.75, 3.05) is 0 Å². The van der Waals surface area contributed by atoms with Gasteiger partial charge in [0.25, 0.3) is 0 Å². The molecule has 2 aliphatic heterocycles. The molecule has 2 N–H and O–H groups in total. The summed E-state index contributed by atoms with van der Waals surface area (Å²) < 4.78 is 8.99. The van der Waals surface area contributed by atoms with E-state index >= 15 is 0 Å². The molecule has 0 radical (unpaired) electrons. The number of aliphatic hydroxyl groups is 2. The second-order valence-electron chi connectivity index (χ2n) is 2.69. The summed E-state index contributed by atoms with van der Waals surface area (Å²) in [5.41, 5.74) is 0. The lowest BCUT2D eigenvalue weighted by Crippen LogP contribution is -2.31. The van der Waals surface area contributed by atoms with Crippen LogP contribution >= 0.6 is 0 Å². The molecule has 2 aliphatic rings. The number of carbonyl (C=O) groups excluding carboxylic acids is 2. The molecule has 0 unspecified atom stereocenters. The first-order chi connectivity index (χ1) is 5.61. The molecule has 2 heterocycles. The molecule has 6 nitrogen and oxygen atoms in total. The van der Waals surface area contributed by atoms with Crippen LogP contribution in [0.5, 0.6) is 0 Å². The second kappa shape index (κ2) is 2.18. The van der Waals surface area contributed by atoms with E-state index in [4.69, 9.17) is 10.2 Å². The Morgan fingerprint density at radius 1 is 0.917 bits per heavy atom. The zero-order chi connectivity index (χ0) is 8.88. The van der Waals surface area contributed by atoms with E-state index in [1.165, 1.54) is 0 Å². The number of esters is 2. The summed E-state index contributed by atoms with van der Waals surface area (Å²) in [6.07, 6.45) is -5.01. The van der Waals surface area contributed by atoms with Crippen LogP contribution in [0, 0.1) is 0 Å². The van der Waals surface area contributed by atoms with E-state index in [1.807, 2.05) is 0 Å². The molecule has 0 aromatic carbocycles. The fraction of sp³-hybridized carbons (Fsp3) is 0.667. The molecular formula is C6H6O6. The number of carbonyl (C=O) groups is 2. The van der Waals surface area contributed by atoms with Gasteiger partial charge in [0.15, 0.2) is 24.4 Å². The highest BCUT2D eigenvalue weighted by atomic mass is 16.7. The van der Waals surface area contributed by atoms with Gasteiger partial charge >= 0.3 is 11.9 Å². The molecule has 6 heteroatoms. The number of hydrogen-bond donors (Lipinski definition) is 2. The fourth-order valence-electron chi connectivity index (χ4n) is 1.30. The highest BCUT2D eigenvalue weighted by molar-refractivity contribution is 5.85. The third-order valence-corrected chi connectivity index (χ3v) is 1.93. The van der Waals surface area contributed by atoms with Crippen molar-refractivity contribution in [1.29, 1.82) is 0 Å². The summed E-state index contributed by atoms with van der Waals surface area (Å²) in [4.78, 5) is 21.3. The normalized spacial score (nSPS) is 45.5. The molecule has 2 saturated heterocycles. The summed E-state index contributed by atoms with van der Waals surface area (Å²) in [7, 11) is 0. The first-order valence-electron chi connectivity index (χ1n) is 3.38. The summed E-state index contributed by atoms with van der Waals surface area (Å²) in [6, 6.07) is 0. The molecule has 0 amide bonds. The van der Waals surface area contributed by atoms with Gasteiger partial charge in [-0.2, -0.15) is 0 Å². The first kappa shape index (κ1) is 7.51. The van der Waals surface area contributed by atoms with Gasteiger partial charge in [-0.15, -0.1) is 0 Å². The molecule has 66 valence electrons. The third kappa shape index (κ3) is 0.759. The van der Waals surface area contributed by atoms with Crippen molar-refractivity contribution in [2.45, 2.75) is 24.4 Å². The largest absolute Gasteiger partial charge is 0.453 e. The van der Waals surface area contributed by atoms with Gasteiger partial charge in [0.05, 0.1) is 0 Å². The Morgan fingerprint density at radius 3 is 1.58 bits per heavy atom. The molecule has 0 aromatic rings. The predicted molar refractivity (Wildman–Crippen MR) is 31.8 cm³/mol. The summed E-state index contributed by atoms with van der Waals surface area (Å²) in [6.45, 7) is 0. The van der Waals surface area contributed by atoms with Gasteiger partial charge < -0.3 is 19.7 Å². The van der Waals surface area contributed by atoms with E-state index in [2.05, 4.69) is 9.47 Å². The molecule has 2 fully saturated rings. The van der Waals surface area contributed by atoms with Crippen LogP contribution in [0.1, 0.15) is 0 Å². The maximum Gasteiger partial charge on any atom is 0.339 e. The van der Waals surface area contributed by atoms with E-state index in [0.29, 0.717) is 0 Å². The minimum Gasteiger partial charge on any atom is -0.453 e. The predicted octanol–water partition coefficient (Wildman–Crippen LogP) is -2.44. The maximum atomic E-state index is 10.7. The minimum atomic E-state index is -1.46. The number of rotatable bonds is 0. The van der Waals surface area contributed by atoms with Gasteiger partial charge in [0.1, 0.15) is 0 Å². The first-order valence-corrected chi connectivity index (χ1v) is 3.38. The standard InChI is InChI=1S/C6H6O6/c7-1-3-4(12-5(1)9)2(8)6(10)11-3/h1-4,7-8H/t1-,2+,3+,4-. The smallest absolute Gasteiger partial charge is 0.339 e. The van der Waals surface area contributed by atoms with E-state index in [9.17, 15) is 9.59 Å². The van der Waals surface area contributed by atoms with Crippen molar-refractivity contribution in [3.8, 4) is 0 Å². The Balaban J connectivity index is 2.24. The number of fused-ring (bicyclic) bond motifs is 1. The van der Waals surface area contributed by atoms with Crippen LogP contribution in [0.3, 0.4) is 0 Å². The summed E-state index contributed by atoms with van der Waals surface area (Å²) >= 11 is 0. The molecule has 12 heavy (non-hydrogen) atoms. The second-order valence-corrected chi connectivity index (χ2v) is 2.69. The lowest BCUT2D eigenvalue weighted by atomic mass is 10.1. The lowest BCUT2D eigenvalue weighted by molar-refractivity contribution is -0.159. The van der Waals surface area contributed by atoms with E-state index < -0.39 is 36.4 Å². The fourth-order valence-corrected chi connectivity index (χ4v) is 1.30. The maximum absolute atomic E-state index is 10.7. The van der Waals surface area contributed by atoms with Crippen molar-refractivity contribution in [3.63, 3.8) is 0 Å². The van der Waals surface area contributed by atoms with Crippen LogP contribution in [0.2, 0.25) is 0 Å². The molecular weight excluding hydrogens is 168 g/mol. The average molecular weight is 174 g/mol. The van der Waals surface area contributed by atoms with Gasteiger partial charge in [0.2, 0.25) is 0 Å². The Kier molecular flexibility index (Phi) is 1.36. The Hall–Kier alpha value is -1.14. The quantitative estimate of drug-likeness (QED) is 0.396. The van der Waals surface area contributed by atoms with Crippen LogP contribution in [-0.2, 0) is 19.1 Å². The molecule has 0 spiro atoms. The monoisotopic (exact) mass is 174 g/mol. The zero-order valence-electron chi connectivity index (χ0n) is 5.84. The summed E-state index contributed by atoms with van der Waals surface area (Å²) in [5.74, 6) is -1.73. The Morgan fingerprint density at radius 2 is 1.25 bits per heavy atom. The molecule has 0 aliphatic carbocycles. The Bertz CT molecular complexity index is 222. The number of aliphatic hydroxyl groups excluding tert-OH is 2. The summed E-state index contributed by atoms with van der Waals surface area (Å²) in [5, 5.41) is 18.1.